The van der Waals surface area contributed by atoms with E-state index in [4.69, 9.17) is 9.47 Å². The highest BCUT2D eigenvalue weighted by molar-refractivity contribution is 5.89. The van der Waals surface area contributed by atoms with Crippen LogP contribution in [-0.4, -0.2) is 18.2 Å². The molecule has 0 aliphatic heterocycles. The number of carbonyl (C=O) groups excluding carboxylic acids is 2. The summed E-state index contributed by atoms with van der Waals surface area (Å²) in [6.07, 6.45) is 16.1. The van der Waals surface area contributed by atoms with E-state index in [0.29, 0.717) is 12.0 Å². The van der Waals surface area contributed by atoms with Crippen LogP contribution in [-0.2, 0) is 14.3 Å². The van der Waals surface area contributed by atoms with Gasteiger partial charge in [0.2, 0.25) is 6.29 Å². The molecule has 0 fully saturated rings. The molecule has 0 aliphatic rings. The normalized spacial score (nSPS) is 11.8. The Bertz CT molecular complexity index is 541. The van der Waals surface area contributed by atoms with Crippen molar-refractivity contribution in [2.75, 3.05) is 0 Å². The fourth-order valence-corrected chi connectivity index (χ4v) is 3.35. The van der Waals surface area contributed by atoms with Crippen molar-refractivity contribution >= 4 is 11.9 Å². The number of carbonyl (C=O) groups is 2. The number of rotatable bonds is 17. The number of esters is 2. The molecule has 0 heterocycles. The van der Waals surface area contributed by atoms with Crippen LogP contribution in [0.25, 0.3) is 0 Å². The second kappa shape index (κ2) is 17.1. The molecular weight excluding hydrogens is 364 g/mol. The number of hydrogen-bond donors (Lipinski definition) is 0. The molecule has 0 bridgehead atoms. The molecule has 4 heteroatoms. The van der Waals surface area contributed by atoms with Gasteiger partial charge in [0.15, 0.2) is 0 Å². The molecule has 0 radical (unpaired) electrons. The van der Waals surface area contributed by atoms with Gasteiger partial charge < -0.3 is 9.47 Å². The lowest BCUT2D eigenvalue weighted by Crippen LogP contribution is -2.21. The van der Waals surface area contributed by atoms with Gasteiger partial charge in [0.1, 0.15) is 0 Å². The second-order valence-corrected chi connectivity index (χ2v) is 7.82. The van der Waals surface area contributed by atoms with E-state index in [-0.39, 0.29) is 5.97 Å². The summed E-state index contributed by atoms with van der Waals surface area (Å²) in [6, 6.07) is 8.70. The molecule has 0 saturated heterocycles. The Morgan fingerprint density at radius 3 is 1.72 bits per heavy atom. The van der Waals surface area contributed by atoms with Crippen molar-refractivity contribution in [1.82, 2.24) is 0 Å². The Balaban J connectivity index is 1.93. The van der Waals surface area contributed by atoms with Crippen LogP contribution in [0.3, 0.4) is 0 Å². The van der Waals surface area contributed by atoms with E-state index in [0.717, 1.165) is 12.8 Å². The minimum absolute atomic E-state index is 0.304. The lowest BCUT2D eigenvalue weighted by atomic mass is 10.0. The molecule has 1 atom stereocenters. The number of hydrogen-bond acceptors (Lipinski definition) is 4. The summed E-state index contributed by atoms with van der Waals surface area (Å²) in [7, 11) is 0. The van der Waals surface area contributed by atoms with Gasteiger partial charge in [-0.05, 0) is 18.6 Å². The molecule has 0 N–H and O–H groups in total. The highest BCUT2D eigenvalue weighted by atomic mass is 16.7. The Labute approximate surface area is 177 Å². The van der Waals surface area contributed by atoms with Gasteiger partial charge in [0.05, 0.1) is 5.56 Å². The van der Waals surface area contributed by atoms with Crippen molar-refractivity contribution in [3.8, 4) is 0 Å². The van der Waals surface area contributed by atoms with Gasteiger partial charge >= 0.3 is 11.9 Å². The Morgan fingerprint density at radius 1 is 0.724 bits per heavy atom. The van der Waals surface area contributed by atoms with Crippen molar-refractivity contribution < 1.29 is 19.1 Å². The highest BCUT2D eigenvalue weighted by Crippen LogP contribution is 2.13. The maximum atomic E-state index is 11.9. The molecular formula is C25H40O4. The first-order chi connectivity index (χ1) is 14.1. The Hall–Kier alpha value is -1.84. The maximum Gasteiger partial charge on any atom is 0.341 e. The fourth-order valence-electron chi connectivity index (χ4n) is 3.35. The van der Waals surface area contributed by atoms with Gasteiger partial charge in [-0.15, -0.1) is 0 Å². The largest absolute Gasteiger partial charge is 0.425 e. The summed E-state index contributed by atoms with van der Waals surface area (Å²) in [5, 5.41) is 0. The summed E-state index contributed by atoms with van der Waals surface area (Å²) < 4.78 is 10.3. The zero-order valence-electron chi connectivity index (χ0n) is 18.5. The van der Waals surface area contributed by atoms with E-state index in [1.807, 2.05) is 6.07 Å². The molecule has 164 valence electrons. The van der Waals surface area contributed by atoms with Gasteiger partial charge in [0, 0.05) is 13.3 Å². The first-order valence-corrected chi connectivity index (χ1v) is 11.6. The molecule has 4 nitrogen and oxygen atoms in total. The average molecular weight is 405 g/mol. The summed E-state index contributed by atoms with van der Waals surface area (Å²) in [4.78, 5) is 23.8. The molecule has 1 unspecified atom stereocenters. The molecule has 29 heavy (non-hydrogen) atoms. The molecule has 1 rings (SSSR count). The first-order valence-electron chi connectivity index (χ1n) is 11.6. The van der Waals surface area contributed by atoms with Crippen LogP contribution in [0.4, 0.5) is 0 Å². The Morgan fingerprint density at radius 2 is 1.21 bits per heavy atom. The van der Waals surface area contributed by atoms with Crippen molar-refractivity contribution in [1.29, 1.82) is 0 Å². The van der Waals surface area contributed by atoms with Crippen LogP contribution in [0.1, 0.15) is 114 Å². The Kier molecular flexibility index (Phi) is 14.8. The van der Waals surface area contributed by atoms with Crippen LogP contribution in [0.2, 0.25) is 0 Å². The van der Waals surface area contributed by atoms with Gasteiger partial charge in [-0.3, -0.25) is 4.79 Å². The number of unbranched alkanes of at least 4 members (excludes halogenated alkanes) is 12. The van der Waals surface area contributed by atoms with E-state index in [1.165, 1.54) is 70.6 Å². The molecule has 0 aliphatic carbocycles. The summed E-state index contributed by atoms with van der Waals surface area (Å²) in [6.45, 7) is 3.83. The quantitative estimate of drug-likeness (QED) is 0.156. The van der Waals surface area contributed by atoms with Crippen molar-refractivity contribution in [2.24, 2.45) is 0 Å². The van der Waals surface area contributed by atoms with Crippen molar-refractivity contribution in [2.45, 2.75) is 110 Å². The minimum atomic E-state index is -0.864. The topological polar surface area (TPSA) is 52.6 Å². The minimum Gasteiger partial charge on any atom is -0.425 e. The van der Waals surface area contributed by atoms with Gasteiger partial charge in [-0.2, -0.15) is 0 Å². The standard InChI is InChI=1S/C25H40O4/c1-3-4-5-6-7-8-9-10-11-12-13-14-18-21-24(26)28-22(2)29-25(27)23-19-16-15-17-20-23/h15-17,19-20,22H,3-14,18,21H2,1-2H3. The summed E-state index contributed by atoms with van der Waals surface area (Å²) in [5.41, 5.74) is 0.451. The summed E-state index contributed by atoms with van der Waals surface area (Å²) >= 11 is 0. The zero-order chi connectivity index (χ0) is 21.2. The highest BCUT2D eigenvalue weighted by Gasteiger charge is 2.15. The molecule has 1 aromatic rings. The first kappa shape index (κ1) is 25.2. The van der Waals surface area contributed by atoms with E-state index in [1.54, 1.807) is 31.2 Å². The van der Waals surface area contributed by atoms with Gasteiger partial charge in [-0.1, -0.05) is 102 Å². The van der Waals surface area contributed by atoms with Crippen LogP contribution in [0.15, 0.2) is 30.3 Å². The molecule has 0 amide bonds. The fraction of sp³-hybridized carbons (Fsp3) is 0.680. The van der Waals surface area contributed by atoms with Gasteiger partial charge in [0.25, 0.3) is 0 Å². The predicted molar refractivity (Wildman–Crippen MR) is 118 cm³/mol. The third kappa shape index (κ3) is 13.9. The third-order valence-corrected chi connectivity index (χ3v) is 5.06. The molecule has 0 aromatic heterocycles. The SMILES string of the molecule is CCCCCCCCCCCCCCCC(=O)OC(C)OC(=O)c1ccccc1. The lowest BCUT2D eigenvalue weighted by Gasteiger charge is -2.14. The van der Waals surface area contributed by atoms with Crippen LogP contribution < -0.4 is 0 Å². The van der Waals surface area contributed by atoms with Crippen LogP contribution in [0.5, 0.6) is 0 Å². The molecule has 0 saturated carbocycles. The molecule has 0 spiro atoms. The number of benzene rings is 1. The number of ether oxygens (including phenoxy) is 2. The van der Waals surface area contributed by atoms with E-state index >= 15 is 0 Å². The third-order valence-electron chi connectivity index (χ3n) is 5.06. The van der Waals surface area contributed by atoms with Crippen molar-refractivity contribution in [3.05, 3.63) is 35.9 Å². The smallest absolute Gasteiger partial charge is 0.341 e. The van der Waals surface area contributed by atoms with Crippen molar-refractivity contribution in [3.63, 3.8) is 0 Å². The van der Waals surface area contributed by atoms with E-state index in [2.05, 4.69) is 6.92 Å². The van der Waals surface area contributed by atoms with Crippen LogP contribution >= 0.6 is 0 Å². The summed E-state index contributed by atoms with van der Waals surface area (Å²) in [5.74, 6) is -0.784. The monoisotopic (exact) mass is 404 g/mol. The molecule has 1 aromatic carbocycles. The lowest BCUT2D eigenvalue weighted by molar-refractivity contribution is -0.165. The van der Waals surface area contributed by atoms with E-state index < -0.39 is 12.3 Å². The van der Waals surface area contributed by atoms with E-state index in [9.17, 15) is 9.59 Å². The van der Waals surface area contributed by atoms with Crippen LogP contribution in [0, 0.1) is 0 Å². The zero-order valence-corrected chi connectivity index (χ0v) is 18.5. The van der Waals surface area contributed by atoms with Gasteiger partial charge in [-0.25, -0.2) is 4.79 Å². The average Bonchev–Trinajstić information content (AvgIpc) is 2.72. The second-order valence-electron chi connectivity index (χ2n) is 7.82. The predicted octanol–water partition coefficient (Wildman–Crippen LogP) is 7.21. The maximum absolute atomic E-state index is 11.9.